The summed E-state index contributed by atoms with van der Waals surface area (Å²) < 4.78 is 5.22. The molecule has 126 valence electrons. The van der Waals surface area contributed by atoms with Crippen molar-refractivity contribution >= 4 is 27.8 Å². The average Bonchev–Trinajstić information content (AvgIpc) is 2.99. The van der Waals surface area contributed by atoms with Gasteiger partial charge in [-0.2, -0.15) is 0 Å². The Morgan fingerprint density at radius 2 is 2.12 bits per heavy atom. The minimum Gasteiger partial charge on any atom is -0.461 e. The molecule has 6 nitrogen and oxygen atoms in total. The number of carbonyl (C=O) groups is 1. The molecular formula is C18H20N2O4. The molecule has 3 aromatic rings. The molecular weight excluding hydrogens is 308 g/mol. The van der Waals surface area contributed by atoms with Gasteiger partial charge in [0.15, 0.2) is 0 Å². The molecule has 0 aliphatic heterocycles. The quantitative estimate of drug-likeness (QED) is 0.478. The van der Waals surface area contributed by atoms with Gasteiger partial charge in [-0.25, -0.2) is 9.78 Å². The number of hydrogen-bond acceptors (Lipinski definition) is 5. The van der Waals surface area contributed by atoms with E-state index in [1.165, 1.54) is 0 Å². The Bertz CT molecular complexity index is 872. The zero-order valence-corrected chi connectivity index (χ0v) is 13.5. The molecule has 24 heavy (non-hydrogen) atoms. The molecule has 0 unspecified atom stereocenters. The molecule has 2 heterocycles. The maximum atomic E-state index is 12.2. The lowest BCUT2D eigenvalue weighted by atomic mass is 10.1. The minimum atomic E-state index is -1.18. The van der Waals surface area contributed by atoms with Crippen LogP contribution in [0.1, 0.15) is 42.1 Å². The van der Waals surface area contributed by atoms with Crippen molar-refractivity contribution in [3.05, 3.63) is 41.7 Å². The van der Waals surface area contributed by atoms with Gasteiger partial charge in [0.2, 0.25) is 0 Å². The van der Waals surface area contributed by atoms with Crippen LogP contribution < -0.4 is 0 Å². The Labute approximate surface area is 139 Å². The smallest absolute Gasteiger partial charge is 0.356 e. The van der Waals surface area contributed by atoms with Crippen LogP contribution >= 0.6 is 0 Å². The maximum Gasteiger partial charge on any atom is 0.356 e. The van der Waals surface area contributed by atoms with Crippen LogP contribution in [-0.4, -0.2) is 39.4 Å². The number of aromatic nitrogens is 2. The van der Waals surface area contributed by atoms with Crippen molar-refractivity contribution in [1.82, 2.24) is 9.97 Å². The topological polar surface area (TPSA) is 95.4 Å². The fraction of sp³-hybridized carbons (Fsp3) is 0.333. The van der Waals surface area contributed by atoms with Crippen molar-refractivity contribution in [2.24, 2.45) is 0 Å². The number of nitrogens with zero attached hydrogens (tertiary/aromatic N) is 1. The number of fused-ring (bicyclic) bond motifs is 3. The van der Waals surface area contributed by atoms with Crippen LogP contribution in [0.25, 0.3) is 21.8 Å². The summed E-state index contributed by atoms with van der Waals surface area (Å²) in [6.45, 7) is 1.87. The van der Waals surface area contributed by atoms with Crippen LogP contribution in [-0.2, 0) is 4.74 Å². The van der Waals surface area contributed by atoms with Crippen molar-refractivity contribution in [2.45, 2.75) is 25.9 Å². The number of unbranched alkanes of at least 4 members (excludes halogenated alkanes) is 1. The summed E-state index contributed by atoms with van der Waals surface area (Å²) in [6.07, 6.45) is 0.535. The highest BCUT2D eigenvalue weighted by atomic mass is 16.5. The molecule has 0 aliphatic carbocycles. The predicted molar refractivity (Wildman–Crippen MR) is 90.8 cm³/mol. The number of ether oxygens (including phenoxy) is 1. The van der Waals surface area contributed by atoms with E-state index >= 15 is 0 Å². The Morgan fingerprint density at radius 1 is 1.33 bits per heavy atom. The first-order valence-corrected chi connectivity index (χ1v) is 8.03. The fourth-order valence-corrected chi connectivity index (χ4v) is 2.69. The number of carbonyl (C=O) groups excluding carboxylic acids is 1. The number of aliphatic hydroxyl groups excluding tert-OH is 2. The molecule has 0 spiro atoms. The Hall–Kier alpha value is -2.44. The standard InChI is InChI=1S/C18H20N2O4/c1-2-3-8-24-18(23)14-9-12-11-6-4-5-7-13(11)19-16(12)17(20-14)15(22)10-21/h4-7,9,15,19,21-22H,2-3,8,10H2,1H3/t15-/m0/s1. The number of hydrogen-bond donors (Lipinski definition) is 3. The lowest BCUT2D eigenvalue weighted by Gasteiger charge is -2.10. The molecule has 3 N–H and O–H groups in total. The van der Waals surface area contributed by atoms with Gasteiger partial charge in [-0.3, -0.25) is 0 Å². The number of benzene rings is 1. The third kappa shape index (κ3) is 2.98. The van der Waals surface area contributed by atoms with E-state index in [2.05, 4.69) is 9.97 Å². The highest BCUT2D eigenvalue weighted by molar-refractivity contribution is 6.09. The van der Waals surface area contributed by atoms with E-state index in [4.69, 9.17) is 4.74 Å². The summed E-state index contributed by atoms with van der Waals surface area (Å²) in [7, 11) is 0. The highest BCUT2D eigenvalue weighted by Crippen LogP contribution is 2.30. The number of para-hydroxylation sites is 1. The molecule has 0 aliphatic rings. The summed E-state index contributed by atoms with van der Waals surface area (Å²) in [5.41, 5.74) is 1.86. The Balaban J connectivity index is 2.13. The number of esters is 1. The fourth-order valence-electron chi connectivity index (χ4n) is 2.69. The number of nitrogens with one attached hydrogen (secondary N) is 1. The van der Waals surface area contributed by atoms with Gasteiger partial charge in [0.25, 0.3) is 0 Å². The average molecular weight is 328 g/mol. The van der Waals surface area contributed by atoms with E-state index in [-0.39, 0.29) is 11.4 Å². The zero-order chi connectivity index (χ0) is 17.1. The van der Waals surface area contributed by atoms with E-state index in [0.717, 1.165) is 29.1 Å². The van der Waals surface area contributed by atoms with E-state index in [0.29, 0.717) is 12.1 Å². The van der Waals surface area contributed by atoms with Gasteiger partial charge in [-0.15, -0.1) is 0 Å². The third-order valence-corrected chi connectivity index (χ3v) is 3.95. The van der Waals surface area contributed by atoms with Gasteiger partial charge in [-0.05, 0) is 18.6 Å². The number of aromatic amines is 1. The number of aliphatic hydroxyl groups is 2. The van der Waals surface area contributed by atoms with Gasteiger partial charge < -0.3 is 19.9 Å². The number of pyridine rings is 1. The Kier molecular flexibility index (Phi) is 4.78. The van der Waals surface area contributed by atoms with Gasteiger partial charge >= 0.3 is 5.97 Å². The zero-order valence-electron chi connectivity index (χ0n) is 13.5. The molecule has 6 heteroatoms. The second kappa shape index (κ2) is 6.98. The summed E-state index contributed by atoms with van der Waals surface area (Å²) in [6, 6.07) is 9.29. The molecule has 3 rings (SSSR count). The van der Waals surface area contributed by atoms with E-state index in [1.54, 1.807) is 6.07 Å². The molecule has 0 saturated carbocycles. The van der Waals surface area contributed by atoms with E-state index in [1.807, 2.05) is 31.2 Å². The first-order valence-electron chi connectivity index (χ1n) is 8.03. The van der Waals surface area contributed by atoms with Gasteiger partial charge in [0, 0.05) is 16.3 Å². The molecule has 0 fully saturated rings. The SMILES string of the molecule is CCCCOC(=O)c1cc2c([nH]c3ccccc32)c([C@@H](O)CO)n1. The third-order valence-electron chi connectivity index (χ3n) is 3.95. The summed E-state index contributed by atoms with van der Waals surface area (Å²) in [4.78, 5) is 19.7. The maximum absolute atomic E-state index is 12.2. The second-order valence-electron chi connectivity index (χ2n) is 5.67. The molecule has 0 saturated heterocycles. The second-order valence-corrected chi connectivity index (χ2v) is 5.67. The summed E-state index contributed by atoms with van der Waals surface area (Å²) >= 11 is 0. The van der Waals surface area contributed by atoms with E-state index < -0.39 is 18.7 Å². The molecule has 1 aromatic carbocycles. The first kappa shape index (κ1) is 16.4. The van der Waals surface area contributed by atoms with Crippen LogP contribution in [0.15, 0.2) is 30.3 Å². The minimum absolute atomic E-state index is 0.130. The molecule has 1 atom stereocenters. The van der Waals surface area contributed by atoms with Crippen LogP contribution in [0, 0.1) is 0 Å². The van der Waals surface area contributed by atoms with E-state index in [9.17, 15) is 15.0 Å². The highest BCUT2D eigenvalue weighted by Gasteiger charge is 2.20. The number of rotatable bonds is 6. The number of H-pyrrole nitrogens is 1. The Morgan fingerprint density at radius 3 is 2.88 bits per heavy atom. The molecule has 0 bridgehead atoms. The predicted octanol–water partition coefficient (Wildman–Crippen LogP) is 2.70. The first-order chi connectivity index (χ1) is 11.7. The largest absolute Gasteiger partial charge is 0.461 e. The van der Waals surface area contributed by atoms with Crippen molar-refractivity contribution in [3.63, 3.8) is 0 Å². The van der Waals surface area contributed by atoms with Crippen molar-refractivity contribution in [3.8, 4) is 0 Å². The van der Waals surface area contributed by atoms with Crippen LogP contribution in [0.2, 0.25) is 0 Å². The van der Waals surface area contributed by atoms with Crippen molar-refractivity contribution in [1.29, 1.82) is 0 Å². The molecule has 2 aromatic heterocycles. The lowest BCUT2D eigenvalue weighted by Crippen LogP contribution is -2.13. The van der Waals surface area contributed by atoms with Crippen LogP contribution in [0.5, 0.6) is 0 Å². The van der Waals surface area contributed by atoms with Gasteiger partial charge in [0.05, 0.1) is 24.4 Å². The summed E-state index contributed by atoms with van der Waals surface area (Å²) in [5.74, 6) is -0.526. The van der Waals surface area contributed by atoms with Crippen LogP contribution in [0.3, 0.4) is 0 Å². The normalized spacial score (nSPS) is 12.6. The van der Waals surface area contributed by atoms with Gasteiger partial charge in [-0.1, -0.05) is 31.5 Å². The molecule has 0 radical (unpaired) electrons. The monoisotopic (exact) mass is 328 g/mol. The lowest BCUT2D eigenvalue weighted by molar-refractivity contribution is 0.0490. The molecule has 0 amide bonds. The van der Waals surface area contributed by atoms with Crippen LogP contribution in [0.4, 0.5) is 0 Å². The van der Waals surface area contributed by atoms with Gasteiger partial charge in [0.1, 0.15) is 11.8 Å². The van der Waals surface area contributed by atoms with Crippen molar-refractivity contribution in [2.75, 3.05) is 13.2 Å². The van der Waals surface area contributed by atoms with Crippen molar-refractivity contribution < 1.29 is 19.7 Å². The summed E-state index contributed by atoms with van der Waals surface area (Å²) in [5, 5.41) is 21.1.